The van der Waals surface area contributed by atoms with Gasteiger partial charge in [0.15, 0.2) is 6.10 Å². The van der Waals surface area contributed by atoms with Crippen LogP contribution in [0.15, 0.2) is 40.2 Å². The molecule has 1 aromatic carbocycles. The summed E-state index contributed by atoms with van der Waals surface area (Å²) in [6, 6.07) is 10.4. The quantitative estimate of drug-likeness (QED) is 0.745. The fourth-order valence-electron chi connectivity index (χ4n) is 1.74. The first-order chi connectivity index (χ1) is 11.0. The number of rotatable bonds is 6. The zero-order chi connectivity index (χ0) is 16.8. The number of hydrogen-bond donors (Lipinski definition) is 1. The summed E-state index contributed by atoms with van der Waals surface area (Å²) < 4.78 is 11.3. The number of nitrogens with one attached hydrogen (secondary N) is 1. The predicted octanol–water partition coefficient (Wildman–Crippen LogP) is 4.09. The third kappa shape index (κ3) is 5.07. The number of hydrogen-bond acceptors (Lipinski definition) is 5. The van der Waals surface area contributed by atoms with Crippen LogP contribution in [0.4, 0.5) is 5.69 Å². The molecule has 0 spiro atoms. The SMILES string of the molecule is CCOc1ccc(NC(=O)C(C)OC(=O)c2ccc(Br)s2)cc1. The molecular weight excluding hydrogens is 382 g/mol. The van der Waals surface area contributed by atoms with Crippen molar-refractivity contribution in [1.29, 1.82) is 0 Å². The molecule has 0 bridgehead atoms. The monoisotopic (exact) mass is 397 g/mol. The van der Waals surface area contributed by atoms with Crippen LogP contribution in [0.1, 0.15) is 23.5 Å². The number of amides is 1. The van der Waals surface area contributed by atoms with Gasteiger partial charge in [-0.1, -0.05) is 0 Å². The fourth-order valence-corrected chi connectivity index (χ4v) is 3.01. The minimum atomic E-state index is -0.894. The van der Waals surface area contributed by atoms with Crippen LogP contribution in [-0.4, -0.2) is 24.6 Å². The molecule has 0 saturated heterocycles. The summed E-state index contributed by atoms with van der Waals surface area (Å²) in [7, 11) is 0. The molecule has 1 amide bonds. The van der Waals surface area contributed by atoms with Crippen LogP contribution in [0, 0.1) is 0 Å². The number of carbonyl (C=O) groups is 2. The lowest BCUT2D eigenvalue weighted by atomic mass is 10.3. The third-order valence-electron chi connectivity index (χ3n) is 2.86. The van der Waals surface area contributed by atoms with Crippen LogP contribution in [0.2, 0.25) is 0 Å². The van der Waals surface area contributed by atoms with Crippen molar-refractivity contribution in [2.45, 2.75) is 20.0 Å². The normalized spacial score (nSPS) is 11.6. The van der Waals surface area contributed by atoms with E-state index in [0.29, 0.717) is 17.2 Å². The summed E-state index contributed by atoms with van der Waals surface area (Å²) in [5.41, 5.74) is 0.611. The summed E-state index contributed by atoms with van der Waals surface area (Å²) in [5.74, 6) is -0.179. The Morgan fingerprint density at radius 3 is 2.48 bits per heavy atom. The van der Waals surface area contributed by atoms with Crippen molar-refractivity contribution in [3.05, 3.63) is 45.1 Å². The summed E-state index contributed by atoms with van der Waals surface area (Å²) in [4.78, 5) is 24.4. The summed E-state index contributed by atoms with van der Waals surface area (Å²) >= 11 is 4.53. The van der Waals surface area contributed by atoms with Gasteiger partial charge >= 0.3 is 5.97 Å². The lowest BCUT2D eigenvalue weighted by Crippen LogP contribution is -2.29. The molecule has 2 rings (SSSR count). The van der Waals surface area contributed by atoms with Gasteiger partial charge in [-0.25, -0.2) is 4.79 Å². The highest BCUT2D eigenvalue weighted by molar-refractivity contribution is 9.11. The number of carbonyl (C=O) groups excluding carboxylic acids is 2. The van der Waals surface area contributed by atoms with Crippen molar-refractivity contribution >= 4 is 44.8 Å². The molecule has 1 unspecified atom stereocenters. The number of benzene rings is 1. The molecule has 0 fully saturated rings. The van der Waals surface area contributed by atoms with Crippen LogP contribution in [0.3, 0.4) is 0 Å². The zero-order valence-corrected chi connectivity index (χ0v) is 15.1. The van der Waals surface area contributed by atoms with Gasteiger partial charge in [-0.2, -0.15) is 0 Å². The Hall–Kier alpha value is -1.86. The lowest BCUT2D eigenvalue weighted by Gasteiger charge is -2.13. The van der Waals surface area contributed by atoms with Gasteiger partial charge in [0.1, 0.15) is 10.6 Å². The van der Waals surface area contributed by atoms with Crippen LogP contribution in [0.5, 0.6) is 5.75 Å². The maximum Gasteiger partial charge on any atom is 0.349 e. The Bertz CT molecular complexity index is 684. The first-order valence-electron chi connectivity index (χ1n) is 6.99. The molecule has 1 N–H and O–H groups in total. The average molecular weight is 398 g/mol. The van der Waals surface area contributed by atoms with Gasteiger partial charge in [0.2, 0.25) is 0 Å². The molecule has 122 valence electrons. The average Bonchev–Trinajstić information content (AvgIpc) is 2.96. The third-order valence-corrected chi connectivity index (χ3v) is 4.46. The van der Waals surface area contributed by atoms with Crippen molar-refractivity contribution < 1.29 is 19.1 Å². The minimum absolute atomic E-state index is 0.391. The number of anilines is 1. The largest absolute Gasteiger partial charge is 0.494 e. The van der Waals surface area contributed by atoms with Crippen LogP contribution in [-0.2, 0) is 9.53 Å². The minimum Gasteiger partial charge on any atom is -0.494 e. The van der Waals surface area contributed by atoms with Crippen LogP contribution in [0.25, 0.3) is 0 Å². The van der Waals surface area contributed by atoms with E-state index in [1.54, 1.807) is 36.4 Å². The van der Waals surface area contributed by atoms with E-state index in [1.165, 1.54) is 18.3 Å². The summed E-state index contributed by atoms with van der Waals surface area (Å²) in [6.45, 7) is 4.01. The fraction of sp³-hybridized carbons (Fsp3) is 0.250. The second-order valence-corrected chi connectivity index (χ2v) is 7.06. The molecule has 0 aliphatic rings. The molecule has 1 aromatic heterocycles. The van der Waals surface area contributed by atoms with E-state index >= 15 is 0 Å². The van der Waals surface area contributed by atoms with Crippen molar-refractivity contribution in [3.63, 3.8) is 0 Å². The van der Waals surface area contributed by atoms with E-state index in [4.69, 9.17) is 9.47 Å². The predicted molar refractivity (Wildman–Crippen MR) is 93.1 cm³/mol. The standard InChI is InChI=1S/C16H16BrNO4S/c1-3-21-12-6-4-11(5-7-12)18-15(19)10(2)22-16(20)13-8-9-14(17)23-13/h4-10H,3H2,1-2H3,(H,18,19). The van der Waals surface area contributed by atoms with E-state index in [2.05, 4.69) is 21.2 Å². The highest BCUT2D eigenvalue weighted by atomic mass is 79.9. The molecule has 5 nitrogen and oxygen atoms in total. The summed E-state index contributed by atoms with van der Waals surface area (Å²) in [6.07, 6.45) is -0.894. The Morgan fingerprint density at radius 1 is 1.22 bits per heavy atom. The number of esters is 1. The summed E-state index contributed by atoms with van der Waals surface area (Å²) in [5, 5.41) is 2.70. The molecule has 0 aliphatic carbocycles. The van der Waals surface area contributed by atoms with Gasteiger partial charge in [-0.05, 0) is 66.2 Å². The van der Waals surface area contributed by atoms with E-state index in [0.717, 1.165) is 9.54 Å². The number of thiophene rings is 1. The van der Waals surface area contributed by atoms with Gasteiger partial charge in [0.25, 0.3) is 5.91 Å². The smallest absolute Gasteiger partial charge is 0.349 e. The number of halogens is 1. The maximum absolute atomic E-state index is 12.1. The molecule has 0 radical (unpaired) electrons. The highest BCUT2D eigenvalue weighted by Gasteiger charge is 2.20. The van der Waals surface area contributed by atoms with Gasteiger partial charge < -0.3 is 14.8 Å². The van der Waals surface area contributed by atoms with E-state index < -0.39 is 18.0 Å². The Morgan fingerprint density at radius 2 is 1.91 bits per heavy atom. The van der Waals surface area contributed by atoms with Crippen molar-refractivity contribution in [3.8, 4) is 5.75 Å². The van der Waals surface area contributed by atoms with Crippen molar-refractivity contribution in [2.24, 2.45) is 0 Å². The highest BCUT2D eigenvalue weighted by Crippen LogP contribution is 2.23. The Balaban J connectivity index is 1.90. The van der Waals surface area contributed by atoms with Crippen molar-refractivity contribution in [2.75, 3.05) is 11.9 Å². The molecule has 7 heteroatoms. The lowest BCUT2D eigenvalue weighted by molar-refractivity contribution is -0.123. The van der Waals surface area contributed by atoms with Crippen LogP contribution < -0.4 is 10.1 Å². The second-order valence-electron chi connectivity index (χ2n) is 4.60. The Kier molecular flexibility index (Phi) is 6.18. The molecule has 0 saturated carbocycles. The first kappa shape index (κ1) is 17.5. The second kappa shape index (κ2) is 8.12. The van der Waals surface area contributed by atoms with Crippen LogP contribution >= 0.6 is 27.3 Å². The molecule has 1 atom stereocenters. The van der Waals surface area contributed by atoms with Gasteiger partial charge in [-0.15, -0.1) is 11.3 Å². The molecular formula is C16H16BrNO4S. The zero-order valence-electron chi connectivity index (χ0n) is 12.7. The molecule has 0 aliphatic heterocycles. The molecule has 2 aromatic rings. The first-order valence-corrected chi connectivity index (χ1v) is 8.60. The van der Waals surface area contributed by atoms with Gasteiger partial charge in [0, 0.05) is 5.69 Å². The number of ether oxygens (including phenoxy) is 2. The van der Waals surface area contributed by atoms with Gasteiger partial charge in [0.05, 0.1) is 10.4 Å². The Labute approximate surface area is 146 Å². The molecule has 1 heterocycles. The van der Waals surface area contributed by atoms with E-state index in [9.17, 15) is 9.59 Å². The van der Waals surface area contributed by atoms with Crippen molar-refractivity contribution in [1.82, 2.24) is 0 Å². The maximum atomic E-state index is 12.1. The van der Waals surface area contributed by atoms with Gasteiger partial charge in [-0.3, -0.25) is 4.79 Å². The topological polar surface area (TPSA) is 64.6 Å². The van der Waals surface area contributed by atoms with E-state index in [-0.39, 0.29) is 0 Å². The van der Waals surface area contributed by atoms with E-state index in [1.807, 2.05) is 6.92 Å². The molecule has 23 heavy (non-hydrogen) atoms.